The van der Waals surface area contributed by atoms with Gasteiger partial charge in [0.1, 0.15) is 0 Å². The fourth-order valence-corrected chi connectivity index (χ4v) is 4.87. The van der Waals surface area contributed by atoms with Crippen molar-refractivity contribution in [1.29, 1.82) is 0 Å². The molecule has 4 rings (SSSR count). The SMILES string of the molecule is CCCCCCCCC1C=CC(C(=O)c2ccc(C=O)o2)=C2N=C3CCCCC3=C21. The van der Waals surface area contributed by atoms with E-state index in [0.717, 1.165) is 25.0 Å². The maximum atomic E-state index is 13.1. The van der Waals surface area contributed by atoms with E-state index in [9.17, 15) is 9.59 Å². The highest BCUT2D eigenvalue weighted by molar-refractivity contribution is 6.13. The number of carbonyl (C=O) groups is 2. The van der Waals surface area contributed by atoms with Crippen LogP contribution in [0.15, 0.2) is 56.1 Å². The quantitative estimate of drug-likeness (QED) is 0.244. The molecule has 3 aliphatic rings. The lowest BCUT2D eigenvalue weighted by Gasteiger charge is -2.23. The number of unbranched alkanes of at least 4 members (excludes halogenated alkanes) is 5. The van der Waals surface area contributed by atoms with Gasteiger partial charge in [-0.05, 0) is 55.4 Å². The van der Waals surface area contributed by atoms with Crippen molar-refractivity contribution in [3.63, 3.8) is 0 Å². The third kappa shape index (κ3) is 4.19. The first-order valence-corrected chi connectivity index (χ1v) is 11.6. The van der Waals surface area contributed by atoms with Crippen LogP contribution in [0.4, 0.5) is 0 Å². The van der Waals surface area contributed by atoms with Crippen LogP contribution in [0.5, 0.6) is 0 Å². The van der Waals surface area contributed by atoms with Crippen LogP contribution < -0.4 is 0 Å². The van der Waals surface area contributed by atoms with Crippen molar-refractivity contribution in [2.75, 3.05) is 0 Å². The molecule has 0 N–H and O–H groups in total. The van der Waals surface area contributed by atoms with E-state index in [1.54, 1.807) is 12.1 Å². The van der Waals surface area contributed by atoms with Crippen molar-refractivity contribution in [3.8, 4) is 0 Å². The molecule has 0 spiro atoms. The van der Waals surface area contributed by atoms with Crippen LogP contribution >= 0.6 is 0 Å². The molecule has 1 unspecified atom stereocenters. The van der Waals surface area contributed by atoms with Crippen LogP contribution in [-0.4, -0.2) is 17.8 Å². The molecule has 1 saturated carbocycles. The number of rotatable bonds is 10. The Kier molecular flexibility index (Phi) is 6.61. The molecular weight excluding hydrogens is 374 g/mol. The van der Waals surface area contributed by atoms with E-state index in [0.29, 0.717) is 17.8 Å². The zero-order valence-electron chi connectivity index (χ0n) is 17.9. The maximum absolute atomic E-state index is 13.1. The Morgan fingerprint density at radius 3 is 2.73 bits per heavy atom. The number of carbonyl (C=O) groups excluding carboxylic acids is 2. The molecule has 4 nitrogen and oxygen atoms in total. The smallest absolute Gasteiger partial charge is 0.230 e. The summed E-state index contributed by atoms with van der Waals surface area (Å²) in [5.74, 6) is 0.542. The van der Waals surface area contributed by atoms with Crippen LogP contribution in [0.25, 0.3) is 0 Å². The first-order valence-electron chi connectivity index (χ1n) is 11.6. The van der Waals surface area contributed by atoms with Gasteiger partial charge in [-0.25, -0.2) is 0 Å². The molecule has 1 fully saturated rings. The highest BCUT2D eigenvalue weighted by Gasteiger charge is 2.35. The Hall–Kier alpha value is -2.49. The second-order valence-corrected chi connectivity index (χ2v) is 8.59. The lowest BCUT2D eigenvalue weighted by Crippen LogP contribution is -2.15. The molecule has 1 aromatic heterocycles. The van der Waals surface area contributed by atoms with Crippen molar-refractivity contribution >= 4 is 17.8 Å². The summed E-state index contributed by atoms with van der Waals surface area (Å²) >= 11 is 0. The van der Waals surface area contributed by atoms with Gasteiger partial charge < -0.3 is 4.42 Å². The van der Waals surface area contributed by atoms with E-state index in [4.69, 9.17) is 9.41 Å². The van der Waals surface area contributed by atoms with Gasteiger partial charge in [-0.1, -0.05) is 57.6 Å². The molecule has 158 valence electrons. The number of ketones is 1. The highest BCUT2D eigenvalue weighted by Crippen LogP contribution is 2.44. The number of hydrogen-bond donors (Lipinski definition) is 0. The standard InChI is InChI=1S/C26H31NO3/c1-2-3-4-5-6-7-10-18-13-15-21(26(29)23-16-14-19(17-28)30-23)25-24(18)20-11-8-9-12-22(20)27-25/h13-18H,2-12H2,1H3. The summed E-state index contributed by atoms with van der Waals surface area (Å²) in [7, 11) is 0. The van der Waals surface area contributed by atoms with E-state index >= 15 is 0 Å². The van der Waals surface area contributed by atoms with Crippen LogP contribution in [0.2, 0.25) is 0 Å². The van der Waals surface area contributed by atoms with E-state index in [2.05, 4.69) is 13.0 Å². The zero-order chi connectivity index (χ0) is 20.9. The number of aldehydes is 1. The summed E-state index contributed by atoms with van der Waals surface area (Å²) in [5, 5.41) is 0. The fraction of sp³-hybridized carbons (Fsp3) is 0.500. The number of aliphatic imine (C=N–C) groups is 1. The second kappa shape index (κ2) is 9.55. The van der Waals surface area contributed by atoms with E-state index in [-0.39, 0.29) is 17.3 Å². The van der Waals surface area contributed by atoms with Crippen molar-refractivity contribution < 1.29 is 14.0 Å². The average Bonchev–Trinajstić information content (AvgIpc) is 3.40. The Morgan fingerprint density at radius 1 is 1.13 bits per heavy atom. The van der Waals surface area contributed by atoms with E-state index in [1.807, 2.05) is 6.08 Å². The first kappa shape index (κ1) is 20.8. The van der Waals surface area contributed by atoms with E-state index < -0.39 is 0 Å². The molecule has 0 amide bonds. The molecule has 0 bridgehead atoms. The molecule has 1 atom stereocenters. The Labute approximate surface area is 178 Å². The third-order valence-corrected chi connectivity index (χ3v) is 6.47. The number of nitrogens with zero attached hydrogens (tertiary/aromatic N) is 1. The maximum Gasteiger partial charge on any atom is 0.230 e. The van der Waals surface area contributed by atoms with Gasteiger partial charge in [0, 0.05) is 11.6 Å². The number of allylic oxidation sites excluding steroid dienone is 5. The normalized spacial score (nSPS) is 20.3. The molecular formula is C26H31NO3. The molecule has 1 aliphatic heterocycles. The Balaban J connectivity index is 1.56. The van der Waals surface area contributed by atoms with Gasteiger partial charge in [-0.15, -0.1) is 0 Å². The number of furan rings is 1. The van der Waals surface area contributed by atoms with Gasteiger partial charge in [0.2, 0.25) is 5.78 Å². The van der Waals surface area contributed by atoms with Crippen molar-refractivity contribution in [3.05, 3.63) is 58.2 Å². The monoisotopic (exact) mass is 405 g/mol. The van der Waals surface area contributed by atoms with Crippen molar-refractivity contribution in [2.45, 2.75) is 77.6 Å². The van der Waals surface area contributed by atoms with Gasteiger partial charge in [0.25, 0.3) is 0 Å². The molecule has 2 heterocycles. The molecule has 0 radical (unpaired) electrons. The largest absolute Gasteiger partial charge is 0.450 e. The second-order valence-electron chi connectivity index (χ2n) is 8.59. The average molecular weight is 406 g/mol. The minimum Gasteiger partial charge on any atom is -0.450 e. The molecule has 0 aromatic carbocycles. The summed E-state index contributed by atoms with van der Waals surface area (Å²) in [6.07, 6.45) is 18.0. The lowest BCUT2D eigenvalue weighted by atomic mass is 9.79. The third-order valence-electron chi connectivity index (χ3n) is 6.47. The first-order chi connectivity index (χ1) is 14.7. The molecule has 30 heavy (non-hydrogen) atoms. The van der Waals surface area contributed by atoms with Gasteiger partial charge >= 0.3 is 0 Å². The Morgan fingerprint density at radius 2 is 1.93 bits per heavy atom. The van der Waals surface area contributed by atoms with Crippen LogP contribution in [-0.2, 0) is 0 Å². The van der Waals surface area contributed by atoms with Crippen LogP contribution in [0.3, 0.4) is 0 Å². The fourth-order valence-electron chi connectivity index (χ4n) is 4.87. The van der Waals surface area contributed by atoms with Gasteiger partial charge in [0.05, 0.1) is 11.3 Å². The molecule has 4 heteroatoms. The molecule has 1 aromatic rings. The highest BCUT2D eigenvalue weighted by atomic mass is 16.4. The predicted molar refractivity (Wildman–Crippen MR) is 119 cm³/mol. The minimum absolute atomic E-state index is 0.176. The van der Waals surface area contributed by atoms with Crippen LogP contribution in [0.1, 0.15) is 98.7 Å². The van der Waals surface area contributed by atoms with Crippen molar-refractivity contribution in [2.24, 2.45) is 10.9 Å². The summed E-state index contributed by atoms with van der Waals surface area (Å²) < 4.78 is 5.40. The summed E-state index contributed by atoms with van der Waals surface area (Å²) in [6.45, 7) is 2.25. The minimum atomic E-state index is -0.187. The summed E-state index contributed by atoms with van der Waals surface area (Å²) in [6, 6.07) is 3.12. The van der Waals surface area contributed by atoms with Gasteiger partial charge in [-0.2, -0.15) is 0 Å². The molecule has 0 saturated heterocycles. The van der Waals surface area contributed by atoms with Crippen molar-refractivity contribution in [1.82, 2.24) is 0 Å². The number of hydrogen-bond acceptors (Lipinski definition) is 4. The lowest BCUT2D eigenvalue weighted by molar-refractivity contribution is 0.100. The molecule has 2 aliphatic carbocycles. The summed E-state index contributed by atoms with van der Waals surface area (Å²) in [4.78, 5) is 29.0. The number of Topliss-reactive ketones (excluding diaryl/α,β-unsaturated/α-hetero) is 1. The Bertz CT molecular complexity index is 941. The van der Waals surface area contributed by atoms with Crippen LogP contribution in [0, 0.1) is 5.92 Å². The van der Waals surface area contributed by atoms with Gasteiger partial charge in [-0.3, -0.25) is 14.6 Å². The topological polar surface area (TPSA) is 59.6 Å². The van der Waals surface area contributed by atoms with E-state index in [1.165, 1.54) is 68.2 Å². The van der Waals surface area contributed by atoms with Gasteiger partial charge in [0.15, 0.2) is 17.8 Å². The summed E-state index contributed by atoms with van der Waals surface area (Å²) in [5.41, 5.74) is 5.31. The zero-order valence-corrected chi connectivity index (χ0v) is 17.9. The predicted octanol–water partition coefficient (Wildman–Crippen LogP) is 6.79. The number of fused-ring (bicyclic) bond motifs is 2.